The van der Waals surface area contributed by atoms with Gasteiger partial charge in [0.2, 0.25) is 0 Å². The van der Waals surface area contributed by atoms with Gasteiger partial charge >= 0.3 is 0 Å². The highest BCUT2D eigenvalue weighted by molar-refractivity contribution is 5.81. The van der Waals surface area contributed by atoms with Gasteiger partial charge in [-0.1, -0.05) is 27.7 Å². The number of nitrogens with one attached hydrogen (secondary N) is 1. The molecule has 3 N–H and O–H groups in total. The molecule has 1 heterocycles. The Morgan fingerprint density at radius 1 is 1.31 bits per heavy atom. The molecule has 0 unspecified atom stereocenters. The molecule has 1 fully saturated rings. The summed E-state index contributed by atoms with van der Waals surface area (Å²) in [7, 11) is 0. The van der Waals surface area contributed by atoms with E-state index in [1.54, 1.807) is 0 Å². The fourth-order valence-electron chi connectivity index (χ4n) is 2.91. The fraction of sp³-hybridized carbons (Fsp3) is 0.917. The molecule has 0 spiro atoms. The zero-order valence-corrected chi connectivity index (χ0v) is 10.9. The number of nitrogens with two attached hydrogens (primary N) is 1. The molecule has 0 aromatic rings. The molecule has 1 saturated heterocycles. The van der Waals surface area contributed by atoms with Crippen LogP contribution >= 0.6 is 0 Å². The second-order valence-electron chi connectivity index (χ2n) is 5.60. The van der Waals surface area contributed by atoms with Crippen molar-refractivity contribution in [1.29, 1.82) is 0 Å². The third-order valence-electron chi connectivity index (χ3n) is 3.33. The Bertz CT molecular complexity index is 232. The molecule has 0 aliphatic carbocycles. The molecule has 0 aromatic carbocycles. The van der Waals surface area contributed by atoms with Gasteiger partial charge in [0.05, 0.1) is 6.04 Å². The molecular formula is C12H25N3O. The first-order valence-corrected chi connectivity index (χ1v) is 6.20. The van der Waals surface area contributed by atoms with Crippen LogP contribution in [0.2, 0.25) is 0 Å². The van der Waals surface area contributed by atoms with Crippen molar-refractivity contribution in [2.24, 2.45) is 23.6 Å². The maximum absolute atomic E-state index is 11.8. The highest BCUT2D eigenvalue weighted by atomic mass is 16.2. The van der Waals surface area contributed by atoms with Crippen LogP contribution in [0.1, 0.15) is 34.1 Å². The van der Waals surface area contributed by atoms with Gasteiger partial charge < -0.3 is 0 Å². The lowest BCUT2D eigenvalue weighted by atomic mass is 9.89. The molecule has 94 valence electrons. The van der Waals surface area contributed by atoms with E-state index in [1.807, 2.05) is 0 Å². The minimum Gasteiger partial charge on any atom is -0.293 e. The number of carbonyl (C=O) groups is 1. The molecule has 0 radical (unpaired) electrons. The van der Waals surface area contributed by atoms with Crippen LogP contribution in [0, 0.1) is 17.8 Å². The molecule has 4 heteroatoms. The number of likely N-dealkylation sites (tertiary alicyclic amines) is 1. The minimum atomic E-state index is -0.0878. The van der Waals surface area contributed by atoms with E-state index in [0.29, 0.717) is 17.8 Å². The summed E-state index contributed by atoms with van der Waals surface area (Å²) in [5.41, 5.74) is 2.29. The summed E-state index contributed by atoms with van der Waals surface area (Å²) in [6, 6.07) is -0.0878. The Labute approximate surface area is 98.5 Å². The SMILES string of the molecule is CC(C)[C@@H](C(=O)NN)N1C[C@H](C)C[C@@H](C)C1. The second kappa shape index (κ2) is 5.64. The van der Waals surface area contributed by atoms with E-state index in [1.165, 1.54) is 6.42 Å². The Morgan fingerprint density at radius 2 is 1.81 bits per heavy atom. The van der Waals surface area contributed by atoms with Crippen LogP contribution in [-0.2, 0) is 4.79 Å². The molecule has 1 aliphatic heterocycles. The number of hydrogen-bond donors (Lipinski definition) is 2. The summed E-state index contributed by atoms with van der Waals surface area (Å²) < 4.78 is 0. The first-order chi connectivity index (χ1) is 7.45. The zero-order chi connectivity index (χ0) is 12.3. The Hall–Kier alpha value is -0.610. The van der Waals surface area contributed by atoms with E-state index in [2.05, 4.69) is 38.0 Å². The van der Waals surface area contributed by atoms with E-state index in [0.717, 1.165) is 13.1 Å². The zero-order valence-electron chi connectivity index (χ0n) is 10.9. The van der Waals surface area contributed by atoms with Gasteiger partial charge in [-0.25, -0.2) is 5.84 Å². The van der Waals surface area contributed by atoms with Crippen LogP contribution < -0.4 is 11.3 Å². The van der Waals surface area contributed by atoms with Gasteiger partial charge in [0.25, 0.3) is 5.91 Å². The van der Waals surface area contributed by atoms with Crippen molar-refractivity contribution >= 4 is 5.91 Å². The van der Waals surface area contributed by atoms with Gasteiger partial charge in [-0.2, -0.15) is 0 Å². The lowest BCUT2D eigenvalue weighted by Gasteiger charge is -2.40. The van der Waals surface area contributed by atoms with Gasteiger partial charge in [-0.15, -0.1) is 0 Å². The number of rotatable bonds is 3. The molecule has 3 atom stereocenters. The number of amides is 1. The van der Waals surface area contributed by atoms with Crippen molar-refractivity contribution in [3.63, 3.8) is 0 Å². The van der Waals surface area contributed by atoms with E-state index >= 15 is 0 Å². The first kappa shape index (κ1) is 13.5. The summed E-state index contributed by atoms with van der Waals surface area (Å²) in [6.45, 7) is 10.6. The number of carbonyl (C=O) groups excluding carboxylic acids is 1. The number of hydrazine groups is 1. The molecule has 0 saturated carbocycles. The van der Waals surface area contributed by atoms with Crippen LogP contribution in [-0.4, -0.2) is 29.9 Å². The third-order valence-corrected chi connectivity index (χ3v) is 3.33. The number of hydrogen-bond acceptors (Lipinski definition) is 3. The summed E-state index contributed by atoms with van der Waals surface area (Å²) in [5.74, 6) is 6.82. The van der Waals surface area contributed by atoms with Gasteiger partial charge in [0, 0.05) is 13.1 Å². The van der Waals surface area contributed by atoms with Crippen LogP contribution in [0.25, 0.3) is 0 Å². The molecular weight excluding hydrogens is 202 g/mol. The van der Waals surface area contributed by atoms with E-state index in [4.69, 9.17) is 5.84 Å². The normalized spacial score (nSPS) is 29.1. The van der Waals surface area contributed by atoms with Gasteiger partial charge in [0.1, 0.15) is 0 Å². The quantitative estimate of drug-likeness (QED) is 0.429. The van der Waals surface area contributed by atoms with Crippen molar-refractivity contribution in [3.05, 3.63) is 0 Å². The molecule has 4 nitrogen and oxygen atoms in total. The maximum atomic E-state index is 11.8. The third kappa shape index (κ3) is 3.19. The molecule has 16 heavy (non-hydrogen) atoms. The molecule has 0 bridgehead atoms. The Morgan fingerprint density at radius 3 is 2.19 bits per heavy atom. The predicted octanol–water partition coefficient (Wildman–Crippen LogP) is 0.979. The smallest absolute Gasteiger partial charge is 0.251 e. The minimum absolute atomic E-state index is 0.0590. The molecule has 0 aromatic heterocycles. The average Bonchev–Trinajstić information content (AvgIpc) is 2.15. The van der Waals surface area contributed by atoms with E-state index in [9.17, 15) is 4.79 Å². The monoisotopic (exact) mass is 227 g/mol. The van der Waals surface area contributed by atoms with Crippen molar-refractivity contribution < 1.29 is 4.79 Å². The summed E-state index contributed by atoms with van der Waals surface area (Å²) >= 11 is 0. The predicted molar refractivity (Wildman–Crippen MR) is 65.5 cm³/mol. The largest absolute Gasteiger partial charge is 0.293 e. The average molecular weight is 227 g/mol. The first-order valence-electron chi connectivity index (χ1n) is 6.20. The van der Waals surface area contributed by atoms with Crippen molar-refractivity contribution in [3.8, 4) is 0 Å². The van der Waals surface area contributed by atoms with Crippen LogP contribution in [0.3, 0.4) is 0 Å². The number of piperidine rings is 1. The van der Waals surface area contributed by atoms with Gasteiger partial charge in [0.15, 0.2) is 0 Å². The lowest BCUT2D eigenvalue weighted by Crippen LogP contribution is -2.55. The van der Waals surface area contributed by atoms with Crippen molar-refractivity contribution in [2.45, 2.75) is 40.2 Å². The summed E-state index contributed by atoms with van der Waals surface area (Å²) in [4.78, 5) is 14.1. The number of nitrogens with zero attached hydrogens (tertiary/aromatic N) is 1. The van der Waals surface area contributed by atoms with Crippen molar-refractivity contribution in [2.75, 3.05) is 13.1 Å². The Kier molecular flexibility index (Phi) is 4.74. The molecule has 1 amide bonds. The van der Waals surface area contributed by atoms with E-state index < -0.39 is 0 Å². The van der Waals surface area contributed by atoms with Crippen LogP contribution in [0.5, 0.6) is 0 Å². The second-order valence-corrected chi connectivity index (χ2v) is 5.60. The summed E-state index contributed by atoms with van der Waals surface area (Å²) in [5, 5.41) is 0. The molecule has 1 rings (SSSR count). The highest BCUT2D eigenvalue weighted by Gasteiger charge is 2.33. The Balaban J connectivity index is 2.74. The van der Waals surface area contributed by atoms with Crippen LogP contribution in [0.4, 0.5) is 0 Å². The summed E-state index contributed by atoms with van der Waals surface area (Å²) in [6.07, 6.45) is 1.26. The van der Waals surface area contributed by atoms with E-state index in [-0.39, 0.29) is 11.9 Å². The maximum Gasteiger partial charge on any atom is 0.251 e. The lowest BCUT2D eigenvalue weighted by molar-refractivity contribution is -0.129. The molecule has 1 aliphatic rings. The van der Waals surface area contributed by atoms with Crippen LogP contribution in [0.15, 0.2) is 0 Å². The standard InChI is InChI=1S/C12H25N3O/c1-8(2)11(12(16)14-13)15-6-9(3)5-10(4)7-15/h8-11H,5-7,13H2,1-4H3,(H,14,16)/t9-,10-,11+/m1/s1. The fourth-order valence-corrected chi connectivity index (χ4v) is 2.91. The van der Waals surface area contributed by atoms with Crippen molar-refractivity contribution in [1.82, 2.24) is 10.3 Å². The highest BCUT2D eigenvalue weighted by Crippen LogP contribution is 2.24. The van der Waals surface area contributed by atoms with Gasteiger partial charge in [-0.3, -0.25) is 15.1 Å². The van der Waals surface area contributed by atoms with Gasteiger partial charge in [-0.05, 0) is 24.2 Å². The topological polar surface area (TPSA) is 58.4 Å².